The largest absolute Gasteiger partial charge is 0.378 e. The Bertz CT molecular complexity index is 942. The van der Waals surface area contributed by atoms with Crippen molar-refractivity contribution in [3.8, 4) is 6.07 Å². The summed E-state index contributed by atoms with van der Waals surface area (Å²) in [4.78, 5) is 10.7. The molecule has 0 spiro atoms. The molecule has 3 rings (SSSR count). The fraction of sp³-hybridized carbons (Fsp3) is 0.143. The molecule has 0 aliphatic heterocycles. The zero-order valence-electron chi connectivity index (χ0n) is 15.2. The summed E-state index contributed by atoms with van der Waals surface area (Å²) in [7, 11) is 4.00. The summed E-state index contributed by atoms with van der Waals surface area (Å²) < 4.78 is 0. The fourth-order valence-corrected chi connectivity index (χ4v) is 2.56. The molecular formula is C21H20N6. The van der Waals surface area contributed by atoms with Gasteiger partial charge in [-0.3, -0.25) is 10.4 Å². The quantitative estimate of drug-likeness (QED) is 0.539. The van der Waals surface area contributed by atoms with Crippen molar-refractivity contribution >= 4 is 17.7 Å². The molecule has 0 amide bonds. The van der Waals surface area contributed by atoms with Gasteiger partial charge in [0, 0.05) is 19.8 Å². The number of nitrogens with one attached hydrogen (secondary N) is 1. The number of rotatable bonds is 6. The molecule has 0 aliphatic rings. The van der Waals surface area contributed by atoms with Crippen LogP contribution in [-0.4, -0.2) is 30.3 Å². The second kappa shape index (κ2) is 8.59. The average Bonchev–Trinajstić information content (AvgIpc) is 2.70. The minimum atomic E-state index is -0.469. The van der Waals surface area contributed by atoms with Crippen molar-refractivity contribution in [3.05, 3.63) is 83.8 Å². The first-order valence-electron chi connectivity index (χ1n) is 8.50. The molecule has 1 atom stereocenters. The SMILES string of the molecule is CN(C)c1ccc(/C=N/Nc2cncc(C(C#N)c3ccccc3)n2)cc1. The molecule has 0 saturated carbocycles. The molecule has 3 aromatic rings. The molecule has 2 aromatic carbocycles. The summed E-state index contributed by atoms with van der Waals surface area (Å²) in [6.45, 7) is 0. The van der Waals surface area contributed by atoms with E-state index in [1.807, 2.05) is 73.6 Å². The van der Waals surface area contributed by atoms with Gasteiger partial charge in [0.2, 0.25) is 0 Å². The third kappa shape index (κ3) is 4.67. The predicted octanol–water partition coefficient (Wildman–Crippen LogP) is 3.64. The maximum atomic E-state index is 9.54. The smallest absolute Gasteiger partial charge is 0.165 e. The number of nitriles is 1. The first-order valence-corrected chi connectivity index (χ1v) is 8.50. The molecule has 1 heterocycles. The summed E-state index contributed by atoms with van der Waals surface area (Å²) in [5.74, 6) is 0.0212. The standard InChI is InChI=1S/C21H20N6/c1-27(2)18-10-8-16(9-11-18)13-24-26-21-15-23-14-20(25-21)19(12-22)17-6-4-3-5-7-17/h3-11,13-15,19H,1-2H3,(H,25,26)/b24-13+. The van der Waals surface area contributed by atoms with E-state index in [0.717, 1.165) is 16.8 Å². The number of hydrogen-bond acceptors (Lipinski definition) is 6. The fourth-order valence-electron chi connectivity index (χ4n) is 2.56. The topological polar surface area (TPSA) is 77.2 Å². The van der Waals surface area contributed by atoms with Gasteiger partial charge in [-0.05, 0) is 23.3 Å². The summed E-state index contributed by atoms with van der Waals surface area (Å²) >= 11 is 0. The van der Waals surface area contributed by atoms with E-state index in [1.54, 1.807) is 18.6 Å². The van der Waals surface area contributed by atoms with Crippen LogP contribution in [0.5, 0.6) is 0 Å². The lowest BCUT2D eigenvalue weighted by atomic mass is 9.98. The van der Waals surface area contributed by atoms with E-state index in [9.17, 15) is 5.26 Å². The van der Waals surface area contributed by atoms with Crippen LogP contribution in [0.4, 0.5) is 11.5 Å². The molecule has 0 bridgehead atoms. The normalized spacial score (nSPS) is 11.7. The third-order valence-corrected chi connectivity index (χ3v) is 4.01. The van der Waals surface area contributed by atoms with Crippen molar-refractivity contribution in [2.75, 3.05) is 24.4 Å². The number of anilines is 2. The van der Waals surface area contributed by atoms with E-state index in [-0.39, 0.29) is 0 Å². The Balaban J connectivity index is 1.71. The van der Waals surface area contributed by atoms with Gasteiger partial charge >= 0.3 is 0 Å². The second-order valence-corrected chi connectivity index (χ2v) is 6.16. The van der Waals surface area contributed by atoms with Gasteiger partial charge in [-0.15, -0.1) is 0 Å². The molecule has 6 nitrogen and oxygen atoms in total. The zero-order valence-corrected chi connectivity index (χ0v) is 15.2. The lowest BCUT2D eigenvalue weighted by Crippen LogP contribution is -2.08. The number of hydrazone groups is 1. The van der Waals surface area contributed by atoms with Gasteiger partial charge < -0.3 is 4.90 Å². The van der Waals surface area contributed by atoms with E-state index in [4.69, 9.17) is 0 Å². The monoisotopic (exact) mass is 356 g/mol. The Labute approximate surface area is 158 Å². The Morgan fingerprint density at radius 2 is 1.81 bits per heavy atom. The van der Waals surface area contributed by atoms with E-state index >= 15 is 0 Å². The van der Waals surface area contributed by atoms with Crippen LogP contribution >= 0.6 is 0 Å². The predicted molar refractivity (Wildman–Crippen MR) is 108 cm³/mol. The average molecular weight is 356 g/mol. The van der Waals surface area contributed by atoms with Crippen molar-refractivity contribution in [1.82, 2.24) is 9.97 Å². The Hall–Kier alpha value is -3.72. The molecule has 0 saturated heterocycles. The van der Waals surface area contributed by atoms with Crippen molar-refractivity contribution in [2.45, 2.75) is 5.92 Å². The maximum Gasteiger partial charge on any atom is 0.165 e. The molecule has 1 N–H and O–H groups in total. The van der Waals surface area contributed by atoms with Gasteiger partial charge in [-0.2, -0.15) is 10.4 Å². The van der Waals surface area contributed by atoms with Crippen LogP contribution in [0.1, 0.15) is 22.7 Å². The highest BCUT2D eigenvalue weighted by molar-refractivity contribution is 5.80. The van der Waals surface area contributed by atoms with Crippen molar-refractivity contribution in [2.24, 2.45) is 5.10 Å². The van der Waals surface area contributed by atoms with Crippen LogP contribution in [0, 0.1) is 11.3 Å². The Morgan fingerprint density at radius 1 is 1.07 bits per heavy atom. The first kappa shape index (κ1) is 18.1. The number of nitrogens with zero attached hydrogens (tertiary/aromatic N) is 5. The summed E-state index contributed by atoms with van der Waals surface area (Å²) in [6.07, 6.45) is 4.90. The van der Waals surface area contributed by atoms with E-state index in [0.29, 0.717) is 11.5 Å². The van der Waals surface area contributed by atoms with Gasteiger partial charge in [0.25, 0.3) is 0 Å². The van der Waals surface area contributed by atoms with Crippen molar-refractivity contribution in [3.63, 3.8) is 0 Å². The summed E-state index contributed by atoms with van der Waals surface area (Å²) in [6, 6.07) is 19.9. The highest BCUT2D eigenvalue weighted by Gasteiger charge is 2.15. The summed E-state index contributed by atoms with van der Waals surface area (Å²) in [5, 5.41) is 13.8. The molecule has 0 aliphatic carbocycles. The molecule has 27 heavy (non-hydrogen) atoms. The van der Waals surface area contributed by atoms with Crippen LogP contribution < -0.4 is 10.3 Å². The van der Waals surface area contributed by atoms with Gasteiger partial charge in [-0.25, -0.2) is 4.98 Å². The van der Waals surface area contributed by atoms with Crippen molar-refractivity contribution < 1.29 is 0 Å². The van der Waals surface area contributed by atoms with Crippen LogP contribution in [0.25, 0.3) is 0 Å². The van der Waals surface area contributed by atoms with Crippen molar-refractivity contribution in [1.29, 1.82) is 5.26 Å². The lowest BCUT2D eigenvalue weighted by Gasteiger charge is -2.11. The molecule has 0 radical (unpaired) electrons. The number of benzene rings is 2. The molecule has 6 heteroatoms. The highest BCUT2D eigenvalue weighted by atomic mass is 15.3. The lowest BCUT2D eigenvalue weighted by molar-refractivity contribution is 0.941. The van der Waals surface area contributed by atoms with E-state index in [1.165, 1.54) is 0 Å². The second-order valence-electron chi connectivity index (χ2n) is 6.16. The number of hydrogen-bond donors (Lipinski definition) is 1. The Morgan fingerprint density at radius 3 is 2.48 bits per heavy atom. The van der Waals surface area contributed by atoms with Crippen LogP contribution in [-0.2, 0) is 0 Å². The molecule has 1 unspecified atom stereocenters. The first-order chi connectivity index (χ1) is 13.2. The molecule has 1 aromatic heterocycles. The minimum Gasteiger partial charge on any atom is -0.378 e. The van der Waals surface area contributed by atoms with Crippen LogP contribution in [0.2, 0.25) is 0 Å². The van der Waals surface area contributed by atoms with Crippen LogP contribution in [0.15, 0.2) is 72.1 Å². The summed E-state index contributed by atoms with van der Waals surface area (Å²) in [5.41, 5.74) is 6.44. The van der Waals surface area contributed by atoms with Gasteiger partial charge in [0.15, 0.2) is 5.82 Å². The van der Waals surface area contributed by atoms with Crippen LogP contribution in [0.3, 0.4) is 0 Å². The van der Waals surface area contributed by atoms with E-state index < -0.39 is 5.92 Å². The number of aromatic nitrogens is 2. The molecule has 0 fully saturated rings. The minimum absolute atomic E-state index is 0.469. The van der Waals surface area contributed by atoms with Gasteiger partial charge in [-0.1, -0.05) is 42.5 Å². The van der Waals surface area contributed by atoms with Gasteiger partial charge in [0.1, 0.15) is 5.92 Å². The molecular weight excluding hydrogens is 336 g/mol. The third-order valence-electron chi connectivity index (χ3n) is 4.01. The van der Waals surface area contributed by atoms with Gasteiger partial charge in [0.05, 0.1) is 30.4 Å². The highest BCUT2D eigenvalue weighted by Crippen LogP contribution is 2.22. The maximum absolute atomic E-state index is 9.54. The van der Waals surface area contributed by atoms with E-state index in [2.05, 4.69) is 26.6 Å². The Kier molecular flexibility index (Phi) is 5.75. The zero-order chi connectivity index (χ0) is 19.1. The molecule has 134 valence electrons.